The molecule has 2 heterocycles. The summed E-state index contributed by atoms with van der Waals surface area (Å²) in [5.41, 5.74) is 1.15. The fraction of sp³-hybridized carbons (Fsp3) is 0.583. The molecule has 1 N–H and O–H groups in total. The Labute approximate surface area is 115 Å². The molecule has 4 nitrogen and oxygen atoms in total. The van der Waals surface area contributed by atoms with E-state index in [4.69, 9.17) is 17.2 Å². The van der Waals surface area contributed by atoms with Gasteiger partial charge in [-0.25, -0.2) is 4.98 Å². The van der Waals surface area contributed by atoms with Crippen molar-refractivity contribution in [1.82, 2.24) is 19.7 Å². The average molecular weight is 280 g/mol. The highest BCUT2D eigenvalue weighted by Gasteiger charge is 2.30. The monoisotopic (exact) mass is 280 g/mol. The fourth-order valence-corrected chi connectivity index (χ4v) is 3.50. The van der Waals surface area contributed by atoms with Crippen molar-refractivity contribution >= 4 is 23.6 Å². The van der Waals surface area contributed by atoms with Crippen molar-refractivity contribution in [3.05, 3.63) is 15.5 Å². The summed E-state index contributed by atoms with van der Waals surface area (Å²) in [6.07, 6.45) is 2.56. The minimum Gasteiger partial charge on any atom is -0.303 e. The molecule has 2 aromatic rings. The normalized spacial score (nSPS) is 15.6. The van der Waals surface area contributed by atoms with Gasteiger partial charge < -0.3 is 4.57 Å². The third kappa shape index (κ3) is 1.93. The van der Waals surface area contributed by atoms with Gasteiger partial charge in [0.15, 0.2) is 10.6 Å². The Bertz CT molecular complexity index is 631. The zero-order chi connectivity index (χ0) is 12.9. The van der Waals surface area contributed by atoms with Crippen molar-refractivity contribution in [3.63, 3.8) is 0 Å². The number of nitrogens with zero attached hydrogens (tertiary/aromatic N) is 3. The van der Waals surface area contributed by atoms with E-state index in [1.54, 1.807) is 11.3 Å². The number of hydrogen-bond acceptors (Lipinski definition) is 4. The van der Waals surface area contributed by atoms with Crippen LogP contribution < -0.4 is 0 Å². The van der Waals surface area contributed by atoms with E-state index in [9.17, 15) is 0 Å². The van der Waals surface area contributed by atoms with Crippen LogP contribution in [0, 0.1) is 4.77 Å². The van der Waals surface area contributed by atoms with E-state index in [0.717, 1.165) is 11.5 Å². The first kappa shape index (κ1) is 12.0. The molecular weight excluding hydrogens is 264 g/mol. The quantitative estimate of drug-likeness (QED) is 0.874. The van der Waals surface area contributed by atoms with E-state index in [-0.39, 0.29) is 0 Å². The molecule has 1 fully saturated rings. The second-order valence-electron chi connectivity index (χ2n) is 5.11. The summed E-state index contributed by atoms with van der Waals surface area (Å²) in [5.74, 6) is 2.01. The standard InChI is InChI=1S/C12H16N4S2/c1-6(2)8-9(10-14-15-12(17)16(10)3)18-11(13-8)7-4-5-7/h6-7H,4-5H2,1-3H3,(H,15,17). The van der Waals surface area contributed by atoms with E-state index < -0.39 is 0 Å². The summed E-state index contributed by atoms with van der Waals surface area (Å²) in [4.78, 5) is 5.98. The van der Waals surface area contributed by atoms with Gasteiger partial charge in [-0.2, -0.15) is 5.10 Å². The number of aromatic nitrogens is 4. The third-order valence-corrected chi connectivity index (χ3v) is 4.82. The van der Waals surface area contributed by atoms with E-state index in [0.29, 0.717) is 16.6 Å². The number of aromatic amines is 1. The predicted molar refractivity (Wildman–Crippen MR) is 75.6 cm³/mol. The van der Waals surface area contributed by atoms with Crippen LogP contribution in [0.2, 0.25) is 0 Å². The summed E-state index contributed by atoms with van der Waals surface area (Å²) in [5, 5.41) is 8.45. The maximum atomic E-state index is 5.18. The lowest BCUT2D eigenvalue weighted by atomic mass is 10.1. The Morgan fingerprint density at radius 2 is 2.17 bits per heavy atom. The van der Waals surface area contributed by atoms with Gasteiger partial charge >= 0.3 is 0 Å². The lowest BCUT2D eigenvalue weighted by Gasteiger charge is -2.04. The number of hydrogen-bond donors (Lipinski definition) is 1. The number of thiazole rings is 1. The Kier molecular flexibility index (Phi) is 2.86. The van der Waals surface area contributed by atoms with Crippen LogP contribution in [0.25, 0.3) is 10.7 Å². The molecule has 0 spiro atoms. The van der Waals surface area contributed by atoms with Crippen LogP contribution in [0.5, 0.6) is 0 Å². The first-order valence-corrected chi connectivity index (χ1v) is 7.42. The van der Waals surface area contributed by atoms with E-state index >= 15 is 0 Å². The fourth-order valence-electron chi connectivity index (χ4n) is 1.96. The van der Waals surface area contributed by atoms with E-state index in [1.165, 1.54) is 22.7 Å². The highest BCUT2D eigenvalue weighted by molar-refractivity contribution is 7.71. The second kappa shape index (κ2) is 4.28. The molecule has 0 aromatic carbocycles. The molecule has 0 aliphatic heterocycles. The maximum absolute atomic E-state index is 5.18. The van der Waals surface area contributed by atoms with Crippen LogP contribution in [0.3, 0.4) is 0 Å². The van der Waals surface area contributed by atoms with Gasteiger partial charge in [0.1, 0.15) is 0 Å². The summed E-state index contributed by atoms with van der Waals surface area (Å²) in [7, 11) is 1.95. The average Bonchev–Trinajstić information content (AvgIpc) is 3.00. The molecule has 1 saturated carbocycles. The topological polar surface area (TPSA) is 46.5 Å². The number of H-pyrrole nitrogens is 1. The van der Waals surface area contributed by atoms with Crippen molar-refractivity contribution in [2.24, 2.45) is 7.05 Å². The highest BCUT2D eigenvalue weighted by Crippen LogP contribution is 2.45. The van der Waals surface area contributed by atoms with Crippen LogP contribution in [0.15, 0.2) is 0 Å². The minimum atomic E-state index is 0.411. The van der Waals surface area contributed by atoms with Gasteiger partial charge in [-0.05, 0) is 31.0 Å². The van der Waals surface area contributed by atoms with Crippen LogP contribution in [0.4, 0.5) is 0 Å². The molecule has 1 aliphatic carbocycles. The van der Waals surface area contributed by atoms with Gasteiger partial charge in [0, 0.05) is 13.0 Å². The van der Waals surface area contributed by atoms with Crippen molar-refractivity contribution in [2.45, 2.75) is 38.5 Å². The molecule has 0 saturated heterocycles. The van der Waals surface area contributed by atoms with Gasteiger partial charge in [0.05, 0.1) is 15.6 Å². The van der Waals surface area contributed by atoms with Gasteiger partial charge in [-0.15, -0.1) is 11.3 Å². The summed E-state index contributed by atoms with van der Waals surface area (Å²) in [6, 6.07) is 0. The molecule has 2 aromatic heterocycles. The zero-order valence-electron chi connectivity index (χ0n) is 10.7. The molecule has 18 heavy (non-hydrogen) atoms. The molecule has 0 radical (unpaired) electrons. The Balaban J connectivity index is 2.14. The highest BCUT2D eigenvalue weighted by atomic mass is 32.1. The van der Waals surface area contributed by atoms with E-state index in [1.807, 2.05) is 11.6 Å². The summed E-state index contributed by atoms with van der Waals surface area (Å²) in [6.45, 7) is 4.35. The smallest absolute Gasteiger partial charge is 0.195 e. The minimum absolute atomic E-state index is 0.411. The molecule has 96 valence electrons. The molecule has 6 heteroatoms. The Morgan fingerprint density at radius 3 is 2.67 bits per heavy atom. The molecular formula is C12H16N4S2. The van der Waals surface area contributed by atoms with Gasteiger partial charge in [-0.1, -0.05) is 13.8 Å². The zero-order valence-corrected chi connectivity index (χ0v) is 12.4. The molecule has 1 aliphatic rings. The Hall–Kier alpha value is -1.01. The van der Waals surface area contributed by atoms with Crippen LogP contribution >= 0.6 is 23.6 Å². The third-order valence-electron chi connectivity index (χ3n) is 3.23. The summed E-state index contributed by atoms with van der Waals surface area (Å²) >= 11 is 6.96. The molecule has 0 amide bonds. The first-order valence-electron chi connectivity index (χ1n) is 6.20. The molecule has 0 bridgehead atoms. The Morgan fingerprint density at radius 1 is 1.44 bits per heavy atom. The van der Waals surface area contributed by atoms with Crippen LogP contribution in [-0.4, -0.2) is 19.7 Å². The summed E-state index contributed by atoms with van der Waals surface area (Å²) < 4.78 is 2.58. The van der Waals surface area contributed by atoms with Crippen molar-refractivity contribution in [1.29, 1.82) is 0 Å². The van der Waals surface area contributed by atoms with E-state index in [2.05, 4.69) is 24.0 Å². The van der Waals surface area contributed by atoms with Gasteiger partial charge in [0.25, 0.3) is 0 Å². The van der Waals surface area contributed by atoms with Gasteiger partial charge in [-0.3, -0.25) is 5.10 Å². The van der Waals surface area contributed by atoms with Crippen molar-refractivity contribution in [3.8, 4) is 10.7 Å². The van der Waals surface area contributed by atoms with Gasteiger partial charge in [0.2, 0.25) is 0 Å². The van der Waals surface area contributed by atoms with Crippen molar-refractivity contribution in [2.75, 3.05) is 0 Å². The largest absolute Gasteiger partial charge is 0.303 e. The maximum Gasteiger partial charge on any atom is 0.195 e. The van der Waals surface area contributed by atoms with Crippen LogP contribution in [-0.2, 0) is 7.05 Å². The predicted octanol–water partition coefficient (Wildman–Crippen LogP) is 3.60. The number of rotatable bonds is 3. The SMILES string of the molecule is CC(C)c1nc(C2CC2)sc1-c1n[nH]c(=S)n1C. The molecule has 3 rings (SSSR count). The molecule has 0 unspecified atom stereocenters. The van der Waals surface area contributed by atoms with Crippen molar-refractivity contribution < 1.29 is 0 Å². The molecule has 0 atom stereocenters. The number of nitrogens with one attached hydrogen (secondary N) is 1. The lowest BCUT2D eigenvalue weighted by molar-refractivity contribution is 0.818. The van der Waals surface area contributed by atoms with Crippen LogP contribution in [0.1, 0.15) is 49.2 Å². The lowest BCUT2D eigenvalue weighted by Crippen LogP contribution is -1.96. The second-order valence-corrected chi connectivity index (χ2v) is 6.52. The first-order chi connectivity index (χ1) is 8.58.